The number of phenolic OH excluding ortho intramolecular Hbond substituents is 1. The van der Waals surface area contributed by atoms with Crippen LogP contribution in [0.1, 0.15) is 11.3 Å². The number of nitrogens with zero attached hydrogens (tertiary/aromatic N) is 2. The summed E-state index contributed by atoms with van der Waals surface area (Å²) in [6, 6.07) is 2.94. The van der Waals surface area contributed by atoms with Crippen molar-refractivity contribution in [3.05, 3.63) is 33.5 Å². The fourth-order valence-corrected chi connectivity index (χ4v) is 2.00. The number of nitro groups is 1. The lowest BCUT2D eigenvalue weighted by Gasteiger charge is -2.10. The van der Waals surface area contributed by atoms with Gasteiger partial charge in [0.2, 0.25) is 5.75 Å². The van der Waals surface area contributed by atoms with E-state index in [-0.39, 0.29) is 17.2 Å². The molecule has 94 valence electrons. The molecule has 2 aromatic rings. The third kappa shape index (κ3) is 1.71. The second kappa shape index (κ2) is 4.14. The van der Waals surface area contributed by atoms with Crippen molar-refractivity contribution >= 4 is 16.6 Å². The summed E-state index contributed by atoms with van der Waals surface area (Å²) in [6.45, 7) is 3.57. The van der Waals surface area contributed by atoms with Gasteiger partial charge in [0.15, 0.2) is 5.75 Å². The normalized spacial score (nSPS) is 10.6. The summed E-state index contributed by atoms with van der Waals surface area (Å²) in [7, 11) is 1.41. The molecule has 18 heavy (non-hydrogen) atoms. The van der Waals surface area contributed by atoms with E-state index >= 15 is 0 Å². The molecular weight excluding hydrogens is 236 g/mol. The van der Waals surface area contributed by atoms with Crippen molar-refractivity contribution in [1.29, 1.82) is 0 Å². The molecule has 1 N–H and O–H groups in total. The average molecular weight is 248 g/mol. The zero-order valence-electron chi connectivity index (χ0n) is 10.2. The largest absolute Gasteiger partial charge is 0.502 e. The molecule has 0 fully saturated rings. The summed E-state index contributed by atoms with van der Waals surface area (Å²) in [5.41, 5.74) is 1.52. The number of aromatic hydroxyl groups is 1. The van der Waals surface area contributed by atoms with Crippen molar-refractivity contribution in [2.45, 2.75) is 13.8 Å². The van der Waals surface area contributed by atoms with E-state index in [1.54, 1.807) is 13.0 Å². The van der Waals surface area contributed by atoms with E-state index in [9.17, 15) is 15.2 Å². The predicted octanol–water partition coefficient (Wildman–Crippen LogP) is 2.47. The maximum absolute atomic E-state index is 10.9. The monoisotopic (exact) mass is 248 g/mol. The zero-order valence-corrected chi connectivity index (χ0v) is 10.2. The van der Waals surface area contributed by atoms with E-state index in [0.717, 1.165) is 11.3 Å². The highest BCUT2D eigenvalue weighted by Crippen LogP contribution is 2.40. The van der Waals surface area contributed by atoms with Crippen LogP contribution in [0, 0.1) is 24.0 Å². The minimum absolute atomic E-state index is 0.279. The molecule has 0 saturated carbocycles. The Morgan fingerprint density at radius 2 is 2.06 bits per heavy atom. The van der Waals surface area contributed by atoms with Crippen LogP contribution in [0.2, 0.25) is 0 Å². The van der Waals surface area contributed by atoms with E-state index < -0.39 is 4.92 Å². The number of hydrogen-bond donors (Lipinski definition) is 1. The Hall–Kier alpha value is -2.37. The molecule has 0 aliphatic heterocycles. The molecule has 0 amide bonds. The first-order valence-corrected chi connectivity index (χ1v) is 5.28. The topological polar surface area (TPSA) is 85.5 Å². The molecular formula is C12H12N2O4. The summed E-state index contributed by atoms with van der Waals surface area (Å²) in [4.78, 5) is 14.5. The second-order valence-electron chi connectivity index (χ2n) is 4.01. The second-order valence-corrected chi connectivity index (χ2v) is 4.01. The number of aromatic nitrogens is 1. The molecule has 1 aromatic carbocycles. The Morgan fingerprint density at radius 3 is 2.61 bits per heavy atom. The average Bonchev–Trinajstić information content (AvgIpc) is 2.27. The molecule has 0 aliphatic rings. The van der Waals surface area contributed by atoms with Crippen LogP contribution in [0.25, 0.3) is 10.9 Å². The molecule has 0 aliphatic carbocycles. The highest BCUT2D eigenvalue weighted by atomic mass is 16.6. The summed E-state index contributed by atoms with van der Waals surface area (Å²) in [5.74, 6) is -0.0953. The number of fused-ring (bicyclic) bond motifs is 1. The molecule has 6 nitrogen and oxygen atoms in total. The fraction of sp³-hybridized carbons (Fsp3) is 0.250. The number of methoxy groups -OCH3 is 1. The summed E-state index contributed by atoms with van der Waals surface area (Å²) < 4.78 is 5.11. The number of hydrogen-bond acceptors (Lipinski definition) is 5. The maximum Gasteiger partial charge on any atom is 0.315 e. The van der Waals surface area contributed by atoms with Crippen LogP contribution < -0.4 is 4.74 Å². The number of pyridine rings is 1. The van der Waals surface area contributed by atoms with Crippen LogP contribution in [0.4, 0.5) is 5.69 Å². The van der Waals surface area contributed by atoms with E-state index in [2.05, 4.69) is 4.98 Å². The maximum atomic E-state index is 10.9. The molecule has 6 heteroatoms. The Balaban J connectivity index is 2.98. The van der Waals surface area contributed by atoms with Crippen molar-refractivity contribution in [2.24, 2.45) is 0 Å². The Labute approximate surface area is 103 Å². The van der Waals surface area contributed by atoms with Gasteiger partial charge in [-0.1, -0.05) is 0 Å². The van der Waals surface area contributed by atoms with Gasteiger partial charge in [0.1, 0.15) is 5.52 Å². The third-order valence-electron chi connectivity index (χ3n) is 2.74. The molecule has 1 heterocycles. The summed E-state index contributed by atoms with van der Waals surface area (Å²) >= 11 is 0. The Bertz CT molecular complexity index is 652. The lowest BCUT2D eigenvalue weighted by atomic mass is 10.1. The highest BCUT2D eigenvalue weighted by Gasteiger charge is 2.22. The van der Waals surface area contributed by atoms with E-state index in [1.165, 1.54) is 13.2 Å². The van der Waals surface area contributed by atoms with Crippen LogP contribution in [0.5, 0.6) is 11.5 Å². The van der Waals surface area contributed by atoms with Crippen LogP contribution >= 0.6 is 0 Å². The lowest BCUT2D eigenvalue weighted by molar-refractivity contribution is -0.385. The third-order valence-corrected chi connectivity index (χ3v) is 2.74. The van der Waals surface area contributed by atoms with Crippen LogP contribution in [0.3, 0.4) is 0 Å². The van der Waals surface area contributed by atoms with Gasteiger partial charge in [-0.2, -0.15) is 0 Å². The number of benzene rings is 1. The number of aryl methyl sites for hydroxylation is 2. The van der Waals surface area contributed by atoms with Crippen LogP contribution in [-0.2, 0) is 0 Å². The first-order chi connectivity index (χ1) is 8.45. The Kier molecular flexibility index (Phi) is 2.78. The molecule has 2 rings (SSSR count). The van der Waals surface area contributed by atoms with Crippen LogP contribution in [0.15, 0.2) is 12.1 Å². The molecule has 0 bridgehead atoms. The molecule has 0 spiro atoms. The van der Waals surface area contributed by atoms with Gasteiger partial charge in [-0.3, -0.25) is 10.1 Å². The van der Waals surface area contributed by atoms with Crippen molar-refractivity contribution in [3.8, 4) is 11.5 Å². The quantitative estimate of drug-likeness (QED) is 0.651. The van der Waals surface area contributed by atoms with Gasteiger partial charge in [-0.05, 0) is 25.5 Å². The van der Waals surface area contributed by atoms with Crippen molar-refractivity contribution in [3.63, 3.8) is 0 Å². The van der Waals surface area contributed by atoms with Gasteiger partial charge >= 0.3 is 5.69 Å². The van der Waals surface area contributed by atoms with Crippen molar-refractivity contribution < 1.29 is 14.8 Å². The van der Waals surface area contributed by atoms with Crippen molar-refractivity contribution in [1.82, 2.24) is 4.98 Å². The molecule has 0 atom stereocenters. The van der Waals surface area contributed by atoms with Crippen molar-refractivity contribution in [2.75, 3.05) is 7.11 Å². The minimum atomic E-state index is -0.642. The predicted molar refractivity (Wildman–Crippen MR) is 66.1 cm³/mol. The first kappa shape index (κ1) is 12.1. The number of nitro benzene ring substituents is 1. The van der Waals surface area contributed by atoms with E-state index in [0.29, 0.717) is 10.9 Å². The van der Waals surface area contributed by atoms with Gasteiger partial charge in [-0.15, -0.1) is 0 Å². The first-order valence-electron chi connectivity index (χ1n) is 5.28. The van der Waals surface area contributed by atoms with Gasteiger partial charge < -0.3 is 9.84 Å². The number of ether oxygens (including phenoxy) is 1. The van der Waals surface area contributed by atoms with E-state index in [1.807, 2.05) is 6.92 Å². The number of rotatable bonds is 2. The van der Waals surface area contributed by atoms with Gasteiger partial charge in [0.05, 0.1) is 23.5 Å². The fourth-order valence-electron chi connectivity index (χ4n) is 2.00. The van der Waals surface area contributed by atoms with Gasteiger partial charge in [0.25, 0.3) is 0 Å². The molecule has 0 unspecified atom stereocenters. The zero-order chi connectivity index (χ0) is 13.4. The van der Waals surface area contributed by atoms with Gasteiger partial charge in [-0.25, -0.2) is 4.98 Å². The molecule has 0 saturated heterocycles. The standard InChI is InChI=1S/C12H12N2O4/c1-6-4-7(2)13-11-9(18-3)5-8(14(16)17)12(15)10(6)11/h4-5,15H,1-3H3. The lowest BCUT2D eigenvalue weighted by Crippen LogP contribution is -1.96. The number of phenols is 1. The van der Waals surface area contributed by atoms with E-state index in [4.69, 9.17) is 4.74 Å². The van der Waals surface area contributed by atoms with Crippen LogP contribution in [-0.4, -0.2) is 22.1 Å². The SMILES string of the molecule is COc1cc([N+](=O)[O-])c(O)c2c(C)cc(C)nc12. The molecule has 0 radical (unpaired) electrons. The summed E-state index contributed by atoms with van der Waals surface area (Å²) in [6.07, 6.45) is 0. The van der Waals surface area contributed by atoms with Gasteiger partial charge in [0, 0.05) is 5.69 Å². The highest BCUT2D eigenvalue weighted by molar-refractivity contribution is 5.96. The minimum Gasteiger partial charge on any atom is -0.502 e. The summed E-state index contributed by atoms with van der Waals surface area (Å²) in [5, 5.41) is 21.2. The Morgan fingerprint density at radius 1 is 1.39 bits per heavy atom. The smallest absolute Gasteiger partial charge is 0.315 e. The molecule has 1 aromatic heterocycles.